The van der Waals surface area contributed by atoms with Crippen LogP contribution >= 0.6 is 0 Å². The molecule has 5 fully saturated rings. The molecule has 5 aliphatic carbocycles. The summed E-state index contributed by atoms with van der Waals surface area (Å²) in [6.45, 7) is 20.1. The van der Waals surface area contributed by atoms with Crippen LogP contribution in [0.3, 0.4) is 0 Å². The summed E-state index contributed by atoms with van der Waals surface area (Å²) in [6.07, 6.45) is 16.9. The van der Waals surface area contributed by atoms with E-state index in [1.54, 1.807) is 23.1 Å². The van der Waals surface area contributed by atoms with E-state index in [4.69, 9.17) is 0 Å². The molecule has 0 aromatic heterocycles. The second-order valence-electron chi connectivity index (χ2n) is 19.0. The third-order valence-electron chi connectivity index (χ3n) is 16.4. The molecule has 5 nitrogen and oxygen atoms in total. The van der Waals surface area contributed by atoms with Gasteiger partial charge in [0, 0.05) is 45.4 Å². The quantitative estimate of drug-likeness (QED) is 0.217. The number of fused-ring (bicyclic) bond motifs is 7. The number of halogens is 2. The number of benzene rings is 1. The number of carboxylic acids is 1. The topological polar surface area (TPSA) is 69.6 Å². The highest BCUT2D eigenvalue weighted by molar-refractivity contribution is 5.88. The summed E-state index contributed by atoms with van der Waals surface area (Å²) in [7, 11) is 0. The van der Waals surface area contributed by atoms with Crippen LogP contribution < -0.4 is 5.32 Å². The molecule has 52 heavy (non-hydrogen) atoms. The normalized spacial score (nSPS) is 38.6. The summed E-state index contributed by atoms with van der Waals surface area (Å²) in [5, 5.41) is 13.2. The molecule has 4 saturated carbocycles. The van der Waals surface area contributed by atoms with Gasteiger partial charge in [-0.1, -0.05) is 65.3 Å². The Morgan fingerprint density at radius 1 is 0.885 bits per heavy atom. The summed E-state index contributed by atoms with van der Waals surface area (Å²) < 4.78 is 27.2. The number of allylic oxidation sites excluding steroid dienone is 3. The average Bonchev–Trinajstić information content (AvgIpc) is 3.51. The van der Waals surface area contributed by atoms with Crippen LogP contribution in [0.1, 0.15) is 141 Å². The molecule has 1 aromatic rings. The van der Waals surface area contributed by atoms with Crippen LogP contribution in [0, 0.1) is 50.7 Å². The fourth-order valence-electron chi connectivity index (χ4n) is 13.7. The zero-order valence-electron chi connectivity index (χ0n) is 33.0. The SMILES string of the molecule is C=CC.CC1(C)C(c2ccc(C(=O)O)cc2)=CCC2(C)C1CCC1(C)C2CCC2C3CCCC3(CNCCC(=O)N3CCC(F)(F)CC3)CC[C@]21C. The fraction of sp³-hybridized carbons (Fsp3) is 0.733. The molecule has 1 aromatic carbocycles. The van der Waals surface area contributed by atoms with Crippen molar-refractivity contribution in [2.24, 2.45) is 50.7 Å². The number of alkyl halides is 2. The third kappa shape index (κ3) is 6.51. The predicted octanol–water partition coefficient (Wildman–Crippen LogP) is 10.7. The molecule has 1 heterocycles. The van der Waals surface area contributed by atoms with Crippen molar-refractivity contribution < 1.29 is 23.5 Å². The van der Waals surface area contributed by atoms with Gasteiger partial charge in [0.25, 0.3) is 5.92 Å². The lowest BCUT2D eigenvalue weighted by molar-refractivity contribution is -0.222. The Hall–Kier alpha value is -2.54. The first kappa shape index (κ1) is 39.2. The molecular formula is C45H66F2N2O3. The van der Waals surface area contributed by atoms with E-state index in [-0.39, 0.29) is 42.7 Å². The van der Waals surface area contributed by atoms with Gasteiger partial charge >= 0.3 is 5.97 Å². The largest absolute Gasteiger partial charge is 0.478 e. The lowest BCUT2D eigenvalue weighted by atomic mass is 9.32. The van der Waals surface area contributed by atoms with Crippen molar-refractivity contribution in [3.05, 3.63) is 54.1 Å². The van der Waals surface area contributed by atoms with E-state index in [1.165, 1.54) is 68.9 Å². The van der Waals surface area contributed by atoms with Gasteiger partial charge in [0.2, 0.25) is 5.91 Å². The van der Waals surface area contributed by atoms with Crippen LogP contribution in [0.5, 0.6) is 0 Å². The standard InChI is InChI=1S/C42H60F2N2O3.C3H6/c1-37(2)30(28-8-10-29(11-9-28)36(48)49)14-18-38(3)33(37)15-19-40(5)34(38)13-12-31-32-7-6-17-41(32,21-20-39(31,40)4)27-45-24-16-35(47)46-25-22-42(43,44)23-26-46;1-3-2/h8-11,14,31-34,45H,6-7,12-13,15-27H2,1-5H3,(H,48,49);3H,1H2,2H3/t31?,32?,33?,34?,38?,39-,40?,41?;/m1./s1. The number of hydrogen-bond acceptors (Lipinski definition) is 3. The molecular weight excluding hydrogens is 655 g/mol. The van der Waals surface area contributed by atoms with Crippen LogP contribution in [0.15, 0.2) is 43.0 Å². The number of rotatable bonds is 7. The molecule has 7 rings (SSSR count). The highest BCUT2D eigenvalue weighted by Crippen LogP contribution is 2.77. The molecule has 0 radical (unpaired) electrons. The number of carbonyl (C=O) groups is 2. The summed E-state index contributed by atoms with van der Waals surface area (Å²) in [4.78, 5) is 25.9. The maximum absolute atomic E-state index is 13.6. The van der Waals surface area contributed by atoms with Crippen LogP contribution in [0.2, 0.25) is 0 Å². The number of nitrogens with one attached hydrogen (secondary N) is 1. The molecule has 1 amide bonds. The van der Waals surface area contributed by atoms with E-state index in [1.807, 2.05) is 19.1 Å². The Labute approximate surface area is 312 Å². The van der Waals surface area contributed by atoms with Crippen LogP contribution in [-0.2, 0) is 4.79 Å². The van der Waals surface area contributed by atoms with E-state index in [2.05, 4.69) is 52.6 Å². The highest BCUT2D eigenvalue weighted by Gasteiger charge is 2.69. The zero-order valence-corrected chi connectivity index (χ0v) is 33.0. The fourth-order valence-corrected chi connectivity index (χ4v) is 13.7. The van der Waals surface area contributed by atoms with E-state index in [0.717, 1.165) is 24.8 Å². The number of carbonyl (C=O) groups excluding carboxylic acids is 1. The van der Waals surface area contributed by atoms with E-state index >= 15 is 0 Å². The first-order valence-corrected chi connectivity index (χ1v) is 20.5. The Bertz CT molecular complexity index is 1530. The monoisotopic (exact) mass is 721 g/mol. The van der Waals surface area contributed by atoms with Crippen molar-refractivity contribution in [1.29, 1.82) is 0 Å². The number of likely N-dealkylation sites (tertiary alicyclic amines) is 1. The molecule has 0 bridgehead atoms. The van der Waals surface area contributed by atoms with Crippen LogP contribution in [0.25, 0.3) is 5.57 Å². The number of nitrogens with zero attached hydrogens (tertiary/aromatic N) is 1. The second-order valence-corrected chi connectivity index (χ2v) is 19.0. The average molecular weight is 721 g/mol. The molecule has 8 atom stereocenters. The maximum atomic E-state index is 13.6. The number of aromatic carboxylic acids is 1. The Balaban J connectivity index is 0.00000150. The highest BCUT2D eigenvalue weighted by atomic mass is 19.3. The smallest absolute Gasteiger partial charge is 0.335 e. The number of carboxylic acid groups (broad SMARTS) is 1. The Kier molecular flexibility index (Phi) is 10.7. The lowest BCUT2D eigenvalue weighted by Gasteiger charge is -2.72. The summed E-state index contributed by atoms with van der Waals surface area (Å²) in [6, 6.07) is 7.54. The molecule has 288 valence electrons. The molecule has 7 unspecified atom stereocenters. The van der Waals surface area contributed by atoms with Crippen molar-refractivity contribution in [3.8, 4) is 0 Å². The predicted molar refractivity (Wildman–Crippen MR) is 206 cm³/mol. The Morgan fingerprint density at radius 3 is 2.21 bits per heavy atom. The van der Waals surface area contributed by atoms with Crippen molar-refractivity contribution in [3.63, 3.8) is 0 Å². The number of piperidine rings is 1. The van der Waals surface area contributed by atoms with Gasteiger partial charge in [-0.25, -0.2) is 13.6 Å². The lowest BCUT2D eigenvalue weighted by Crippen LogP contribution is -2.65. The summed E-state index contributed by atoms with van der Waals surface area (Å²) in [5.41, 5.74) is 4.06. The number of amides is 1. The van der Waals surface area contributed by atoms with E-state index in [0.29, 0.717) is 46.6 Å². The van der Waals surface area contributed by atoms with Gasteiger partial charge in [-0.15, -0.1) is 6.58 Å². The van der Waals surface area contributed by atoms with Gasteiger partial charge in [-0.05, 0) is 139 Å². The maximum Gasteiger partial charge on any atom is 0.335 e. The Morgan fingerprint density at radius 2 is 1.56 bits per heavy atom. The van der Waals surface area contributed by atoms with Crippen molar-refractivity contribution in [2.45, 2.75) is 131 Å². The molecule has 6 aliphatic rings. The zero-order chi connectivity index (χ0) is 37.7. The van der Waals surface area contributed by atoms with E-state index < -0.39 is 11.9 Å². The minimum absolute atomic E-state index is 0.0100. The van der Waals surface area contributed by atoms with Gasteiger partial charge in [0.05, 0.1) is 5.56 Å². The molecule has 0 spiro atoms. The van der Waals surface area contributed by atoms with E-state index in [9.17, 15) is 23.5 Å². The minimum atomic E-state index is -2.62. The van der Waals surface area contributed by atoms with Gasteiger partial charge < -0.3 is 15.3 Å². The van der Waals surface area contributed by atoms with Gasteiger partial charge in [0.1, 0.15) is 0 Å². The molecule has 1 saturated heterocycles. The summed E-state index contributed by atoms with van der Waals surface area (Å²) >= 11 is 0. The third-order valence-corrected chi connectivity index (χ3v) is 16.4. The van der Waals surface area contributed by atoms with Gasteiger partial charge in [-0.3, -0.25) is 4.79 Å². The van der Waals surface area contributed by atoms with Gasteiger partial charge in [0.15, 0.2) is 0 Å². The van der Waals surface area contributed by atoms with Crippen molar-refractivity contribution >= 4 is 17.4 Å². The molecule has 1 aliphatic heterocycles. The second kappa shape index (κ2) is 14.3. The van der Waals surface area contributed by atoms with Crippen molar-refractivity contribution in [1.82, 2.24) is 10.2 Å². The van der Waals surface area contributed by atoms with Gasteiger partial charge in [-0.2, -0.15) is 0 Å². The van der Waals surface area contributed by atoms with Crippen molar-refractivity contribution in [2.75, 3.05) is 26.2 Å². The summed E-state index contributed by atoms with van der Waals surface area (Å²) in [5.74, 6) is -0.762. The first-order valence-electron chi connectivity index (χ1n) is 20.5. The minimum Gasteiger partial charge on any atom is -0.478 e. The van der Waals surface area contributed by atoms with Crippen LogP contribution in [0.4, 0.5) is 8.78 Å². The molecule has 7 heteroatoms. The van der Waals surface area contributed by atoms with Crippen LogP contribution in [-0.4, -0.2) is 54.0 Å². The molecule has 2 N–H and O–H groups in total. The first-order chi connectivity index (χ1) is 24.5. The number of hydrogen-bond donors (Lipinski definition) is 2.